The van der Waals surface area contributed by atoms with Crippen molar-refractivity contribution in [3.8, 4) is 0 Å². The second-order valence-corrected chi connectivity index (χ2v) is 5.37. The molecule has 2 aromatic carbocycles. The maximum absolute atomic E-state index is 12.0. The molecule has 0 aliphatic heterocycles. The van der Waals surface area contributed by atoms with Crippen molar-refractivity contribution in [2.45, 2.75) is 19.4 Å². The van der Waals surface area contributed by atoms with Crippen LogP contribution in [0.15, 0.2) is 48.5 Å². The molecule has 0 spiro atoms. The highest BCUT2D eigenvalue weighted by atomic mass is 35.5. The van der Waals surface area contributed by atoms with Gasteiger partial charge in [-0.05, 0) is 42.7 Å². The zero-order chi connectivity index (χ0) is 15.2. The Labute approximate surface area is 129 Å². The van der Waals surface area contributed by atoms with Crippen LogP contribution >= 0.6 is 11.6 Å². The second-order valence-electron chi connectivity index (χ2n) is 4.93. The number of halogens is 1. The van der Waals surface area contributed by atoms with E-state index in [1.807, 2.05) is 31.2 Å². The normalized spacial score (nSPS) is 12.0. The minimum absolute atomic E-state index is 0.119. The molecule has 1 atom stereocenters. The van der Waals surface area contributed by atoms with E-state index in [-0.39, 0.29) is 5.91 Å². The topological polar surface area (TPSA) is 49.3 Å². The zero-order valence-electron chi connectivity index (χ0n) is 11.8. The van der Waals surface area contributed by atoms with Crippen LogP contribution in [0.2, 0.25) is 5.02 Å². The molecule has 0 aromatic heterocycles. The van der Waals surface area contributed by atoms with Crippen LogP contribution in [0.5, 0.6) is 0 Å². The summed E-state index contributed by atoms with van der Waals surface area (Å²) in [5, 5.41) is 13.5. The molecule has 21 heavy (non-hydrogen) atoms. The first-order chi connectivity index (χ1) is 10.1. The number of amides is 1. The zero-order valence-corrected chi connectivity index (χ0v) is 12.6. The molecular weight excluding hydrogens is 286 g/mol. The lowest BCUT2D eigenvalue weighted by molar-refractivity contribution is 0.0942. The first kappa shape index (κ1) is 15.5. The van der Waals surface area contributed by atoms with Crippen molar-refractivity contribution in [1.82, 2.24) is 5.32 Å². The van der Waals surface area contributed by atoms with E-state index >= 15 is 0 Å². The van der Waals surface area contributed by atoms with E-state index in [2.05, 4.69) is 5.32 Å². The largest absolute Gasteiger partial charge is 0.388 e. The summed E-state index contributed by atoms with van der Waals surface area (Å²) >= 11 is 5.89. The molecule has 2 aromatic rings. The molecule has 3 nitrogen and oxygen atoms in total. The molecule has 0 fully saturated rings. The van der Waals surface area contributed by atoms with Crippen LogP contribution < -0.4 is 5.32 Å². The van der Waals surface area contributed by atoms with Gasteiger partial charge in [0.25, 0.3) is 5.91 Å². The highest BCUT2D eigenvalue weighted by Gasteiger charge is 2.10. The molecule has 2 N–H and O–H groups in total. The van der Waals surface area contributed by atoms with Crippen LogP contribution in [0.1, 0.15) is 34.0 Å². The second kappa shape index (κ2) is 7.25. The Morgan fingerprint density at radius 1 is 1.24 bits per heavy atom. The maximum atomic E-state index is 12.0. The SMILES string of the molecule is Cc1ccccc1C(=O)NCC[C@@H](O)c1cccc(Cl)c1. The number of carbonyl (C=O) groups excluding carboxylic acids is 1. The average Bonchev–Trinajstić information content (AvgIpc) is 2.47. The van der Waals surface area contributed by atoms with Crippen LogP contribution in [-0.2, 0) is 0 Å². The summed E-state index contributed by atoms with van der Waals surface area (Å²) in [6, 6.07) is 14.5. The van der Waals surface area contributed by atoms with E-state index in [1.54, 1.807) is 24.3 Å². The maximum Gasteiger partial charge on any atom is 0.251 e. The Morgan fingerprint density at radius 3 is 2.71 bits per heavy atom. The standard InChI is InChI=1S/C17H18ClNO2/c1-12-5-2-3-8-15(12)17(21)19-10-9-16(20)13-6-4-7-14(18)11-13/h2-8,11,16,20H,9-10H2,1H3,(H,19,21)/t16-/m1/s1. The molecule has 0 heterocycles. The van der Waals surface area contributed by atoms with Crippen LogP contribution in [0, 0.1) is 6.92 Å². The van der Waals surface area contributed by atoms with Crippen molar-refractivity contribution >= 4 is 17.5 Å². The Kier molecular flexibility index (Phi) is 5.37. The van der Waals surface area contributed by atoms with Crippen molar-refractivity contribution in [3.05, 3.63) is 70.2 Å². The van der Waals surface area contributed by atoms with E-state index in [0.717, 1.165) is 11.1 Å². The smallest absolute Gasteiger partial charge is 0.251 e. The minimum Gasteiger partial charge on any atom is -0.388 e. The van der Waals surface area contributed by atoms with Gasteiger partial charge in [-0.2, -0.15) is 0 Å². The van der Waals surface area contributed by atoms with Crippen LogP contribution in [-0.4, -0.2) is 17.6 Å². The van der Waals surface area contributed by atoms with Crippen LogP contribution in [0.4, 0.5) is 0 Å². The summed E-state index contributed by atoms with van der Waals surface area (Å²) in [5.41, 5.74) is 2.35. The minimum atomic E-state index is -0.638. The van der Waals surface area contributed by atoms with Gasteiger partial charge in [0.15, 0.2) is 0 Å². The van der Waals surface area contributed by atoms with Gasteiger partial charge in [-0.25, -0.2) is 0 Å². The summed E-state index contributed by atoms with van der Waals surface area (Å²) in [6.45, 7) is 2.30. The van der Waals surface area contributed by atoms with E-state index < -0.39 is 6.10 Å². The first-order valence-corrected chi connectivity index (χ1v) is 7.23. The van der Waals surface area contributed by atoms with Gasteiger partial charge in [0.1, 0.15) is 0 Å². The fourth-order valence-corrected chi connectivity index (χ4v) is 2.32. The predicted octanol–water partition coefficient (Wildman–Crippen LogP) is 3.50. The Bertz CT molecular complexity index is 628. The van der Waals surface area contributed by atoms with Gasteiger partial charge < -0.3 is 10.4 Å². The third kappa shape index (κ3) is 4.31. The highest BCUT2D eigenvalue weighted by molar-refractivity contribution is 6.30. The molecule has 2 rings (SSSR count). The molecule has 110 valence electrons. The predicted molar refractivity (Wildman–Crippen MR) is 84.5 cm³/mol. The molecule has 0 aliphatic carbocycles. The molecule has 0 saturated heterocycles. The monoisotopic (exact) mass is 303 g/mol. The third-order valence-corrected chi connectivity index (χ3v) is 3.56. The summed E-state index contributed by atoms with van der Waals surface area (Å²) < 4.78 is 0. The van der Waals surface area contributed by atoms with Crippen LogP contribution in [0.3, 0.4) is 0 Å². The highest BCUT2D eigenvalue weighted by Crippen LogP contribution is 2.19. The fourth-order valence-electron chi connectivity index (χ4n) is 2.13. The summed E-state index contributed by atoms with van der Waals surface area (Å²) in [5.74, 6) is -0.119. The molecule has 0 radical (unpaired) electrons. The van der Waals surface area contributed by atoms with E-state index in [0.29, 0.717) is 23.6 Å². The van der Waals surface area contributed by atoms with E-state index in [9.17, 15) is 9.90 Å². The number of rotatable bonds is 5. The molecule has 0 unspecified atom stereocenters. The van der Waals surface area contributed by atoms with Gasteiger partial charge in [0.2, 0.25) is 0 Å². The molecule has 4 heteroatoms. The van der Waals surface area contributed by atoms with Gasteiger partial charge >= 0.3 is 0 Å². The van der Waals surface area contributed by atoms with Crippen LogP contribution in [0.25, 0.3) is 0 Å². The molecule has 0 aliphatic rings. The van der Waals surface area contributed by atoms with Gasteiger partial charge in [0.05, 0.1) is 6.10 Å². The first-order valence-electron chi connectivity index (χ1n) is 6.85. The average molecular weight is 304 g/mol. The molecular formula is C17H18ClNO2. The summed E-state index contributed by atoms with van der Waals surface area (Å²) in [6.07, 6.45) is -0.196. The molecule has 1 amide bonds. The number of aliphatic hydroxyl groups excluding tert-OH is 1. The molecule has 0 saturated carbocycles. The van der Waals surface area contributed by atoms with Crippen molar-refractivity contribution in [2.75, 3.05) is 6.54 Å². The van der Waals surface area contributed by atoms with E-state index in [4.69, 9.17) is 11.6 Å². The van der Waals surface area contributed by atoms with Crippen molar-refractivity contribution in [2.24, 2.45) is 0 Å². The number of hydrogen-bond acceptors (Lipinski definition) is 2. The van der Waals surface area contributed by atoms with E-state index in [1.165, 1.54) is 0 Å². The Morgan fingerprint density at radius 2 is 2.00 bits per heavy atom. The number of nitrogens with one attached hydrogen (secondary N) is 1. The number of benzene rings is 2. The van der Waals surface area contributed by atoms with Gasteiger partial charge in [-0.15, -0.1) is 0 Å². The van der Waals surface area contributed by atoms with Gasteiger partial charge in [-0.3, -0.25) is 4.79 Å². The number of carbonyl (C=O) groups is 1. The quantitative estimate of drug-likeness (QED) is 0.888. The summed E-state index contributed by atoms with van der Waals surface area (Å²) in [4.78, 5) is 12.0. The summed E-state index contributed by atoms with van der Waals surface area (Å²) in [7, 11) is 0. The Balaban J connectivity index is 1.87. The number of aliphatic hydroxyl groups is 1. The molecule has 0 bridgehead atoms. The van der Waals surface area contributed by atoms with Gasteiger partial charge in [-0.1, -0.05) is 41.9 Å². The van der Waals surface area contributed by atoms with Crippen molar-refractivity contribution < 1.29 is 9.90 Å². The van der Waals surface area contributed by atoms with Crippen molar-refractivity contribution in [3.63, 3.8) is 0 Å². The lowest BCUT2D eigenvalue weighted by Crippen LogP contribution is -2.26. The van der Waals surface area contributed by atoms with Gasteiger partial charge in [0, 0.05) is 17.1 Å². The van der Waals surface area contributed by atoms with Crippen molar-refractivity contribution in [1.29, 1.82) is 0 Å². The lowest BCUT2D eigenvalue weighted by atomic mass is 10.1. The lowest BCUT2D eigenvalue weighted by Gasteiger charge is -2.12. The number of aryl methyl sites for hydroxylation is 1. The third-order valence-electron chi connectivity index (χ3n) is 3.33. The number of hydrogen-bond donors (Lipinski definition) is 2. The fraction of sp³-hybridized carbons (Fsp3) is 0.235. The Hall–Kier alpha value is -1.84.